The molecule has 0 spiro atoms. The quantitative estimate of drug-likeness (QED) is 0.879. The van der Waals surface area contributed by atoms with E-state index in [-0.39, 0.29) is 18.6 Å². The number of hydrogen-bond donors (Lipinski definition) is 1. The van der Waals surface area contributed by atoms with Gasteiger partial charge in [0.05, 0.1) is 24.1 Å². The maximum Gasteiger partial charge on any atom is 0.162 e. The van der Waals surface area contributed by atoms with Crippen LogP contribution in [0.5, 0.6) is 0 Å². The Labute approximate surface area is 114 Å². The Morgan fingerprint density at radius 2 is 2.22 bits per heavy atom. The van der Waals surface area contributed by atoms with E-state index in [2.05, 4.69) is 22.7 Å². The van der Waals surface area contributed by atoms with E-state index in [1.165, 1.54) is 10.1 Å². The van der Waals surface area contributed by atoms with Gasteiger partial charge in [0.2, 0.25) is 0 Å². The smallest absolute Gasteiger partial charge is 0.162 e. The Hall–Kier alpha value is -1.10. The van der Waals surface area contributed by atoms with Gasteiger partial charge in [-0.3, -0.25) is 0 Å². The van der Waals surface area contributed by atoms with Crippen LogP contribution in [0.15, 0.2) is 34.8 Å². The molecular weight excluding hydrogens is 270 g/mol. The van der Waals surface area contributed by atoms with Crippen molar-refractivity contribution in [3.05, 3.63) is 35.2 Å². The van der Waals surface area contributed by atoms with Crippen molar-refractivity contribution in [3.63, 3.8) is 0 Å². The van der Waals surface area contributed by atoms with Crippen LogP contribution in [0, 0.1) is 0 Å². The summed E-state index contributed by atoms with van der Waals surface area (Å²) in [6, 6.07) is 8.21. The molecule has 5 heteroatoms. The molecule has 3 nitrogen and oxygen atoms in total. The Bertz CT molecular complexity index is 595. The Morgan fingerprint density at radius 3 is 3.00 bits per heavy atom. The highest BCUT2D eigenvalue weighted by molar-refractivity contribution is 7.17. The average molecular weight is 282 g/mol. The lowest BCUT2D eigenvalue weighted by molar-refractivity contribution is 0.0310. The molecule has 2 unspecified atom stereocenters. The van der Waals surface area contributed by atoms with Crippen LogP contribution in [-0.4, -0.2) is 29.4 Å². The van der Waals surface area contributed by atoms with Gasteiger partial charge in [0.25, 0.3) is 0 Å². The van der Waals surface area contributed by atoms with Crippen LogP contribution in [0.25, 0.3) is 10.1 Å². The van der Waals surface area contributed by atoms with Crippen molar-refractivity contribution in [2.45, 2.75) is 12.0 Å². The molecule has 94 valence electrons. The van der Waals surface area contributed by atoms with Crippen LogP contribution in [-0.2, 0) is 4.84 Å². The minimum absolute atomic E-state index is 0.0383. The Balaban J connectivity index is 2.09. The number of nitrogens with zero attached hydrogens (tertiary/aromatic N) is 1. The standard InChI is InChI=1S/C13H12ClNO2S/c14-5-10-13(11(6-16)17-15-10)9-7-18-12-4-2-1-3-8(9)12/h1-4,7,11,13,16H,5-6H2. The molecule has 0 saturated heterocycles. The van der Waals surface area contributed by atoms with Crippen molar-refractivity contribution in [2.75, 3.05) is 12.5 Å². The second kappa shape index (κ2) is 4.88. The average Bonchev–Trinajstić information content (AvgIpc) is 3.01. The summed E-state index contributed by atoms with van der Waals surface area (Å²) in [5.74, 6) is 0.286. The molecule has 3 rings (SSSR count). The third kappa shape index (κ3) is 1.81. The summed E-state index contributed by atoms with van der Waals surface area (Å²) in [4.78, 5) is 5.25. The first kappa shape index (κ1) is 12.0. The molecule has 1 aromatic heterocycles. The van der Waals surface area contributed by atoms with Crippen molar-refractivity contribution in [2.24, 2.45) is 5.16 Å². The van der Waals surface area contributed by atoms with Crippen LogP contribution in [0.1, 0.15) is 11.5 Å². The van der Waals surface area contributed by atoms with Gasteiger partial charge in [0, 0.05) is 4.70 Å². The minimum atomic E-state index is -0.322. The van der Waals surface area contributed by atoms with Gasteiger partial charge in [0.1, 0.15) is 0 Å². The van der Waals surface area contributed by atoms with Crippen LogP contribution in [0.3, 0.4) is 0 Å². The molecule has 18 heavy (non-hydrogen) atoms. The SMILES string of the molecule is OCC1ON=C(CCl)C1c1csc2ccccc12. The normalized spacial score (nSPS) is 23.1. The number of aliphatic hydroxyl groups excluding tert-OH is 1. The van der Waals surface area contributed by atoms with Gasteiger partial charge in [-0.25, -0.2) is 0 Å². The van der Waals surface area contributed by atoms with Gasteiger partial charge in [0.15, 0.2) is 6.10 Å². The Morgan fingerprint density at radius 1 is 1.39 bits per heavy atom. The summed E-state index contributed by atoms with van der Waals surface area (Å²) >= 11 is 7.59. The molecule has 1 aliphatic rings. The molecule has 2 atom stereocenters. The van der Waals surface area contributed by atoms with Crippen molar-refractivity contribution >= 4 is 38.7 Å². The number of fused-ring (bicyclic) bond motifs is 1. The molecule has 0 radical (unpaired) electrons. The third-order valence-corrected chi connectivity index (χ3v) is 4.45. The number of benzene rings is 1. The summed E-state index contributed by atoms with van der Waals surface area (Å²) in [5, 5.41) is 16.7. The maximum atomic E-state index is 9.38. The van der Waals surface area contributed by atoms with Gasteiger partial charge in [-0.15, -0.1) is 22.9 Å². The topological polar surface area (TPSA) is 41.8 Å². The molecule has 1 aliphatic heterocycles. The Kier molecular flexibility index (Phi) is 3.24. The van der Waals surface area contributed by atoms with Crippen molar-refractivity contribution < 1.29 is 9.94 Å². The van der Waals surface area contributed by atoms with E-state index < -0.39 is 0 Å². The second-order valence-electron chi connectivity index (χ2n) is 4.21. The summed E-state index contributed by atoms with van der Waals surface area (Å²) in [5.41, 5.74) is 1.94. The van der Waals surface area contributed by atoms with E-state index in [1.807, 2.05) is 12.1 Å². The van der Waals surface area contributed by atoms with Gasteiger partial charge < -0.3 is 9.94 Å². The van der Waals surface area contributed by atoms with E-state index in [0.717, 1.165) is 11.3 Å². The molecular formula is C13H12ClNO2S. The molecule has 2 aromatic rings. The fourth-order valence-corrected chi connectivity index (χ4v) is 3.55. The predicted octanol–water partition coefficient (Wildman–Crippen LogP) is 2.97. The number of oxime groups is 1. The van der Waals surface area contributed by atoms with Crippen molar-refractivity contribution in [1.82, 2.24) is 0 Å². The van der Waals surface area contributed by atoms with Gasteiger partial charge >= 0.3 is 0 Å². The molecule has 1 aromatic carbocycles. The fourth-order valence-electron chi connectivity index (χ4n) is 2.33. The largest absolute Gasteiger partial charge is 0.392 e. The monoisotopic (exact) mass is 281 g/mol. The lowest BCUT2D eigenvalue weighted by Gasteiger charge is -2.15. The van der Waals surface area contributed by atoms with Crippen LogP contribution >= 0.6 is 22.9 Å². The molecule has 0 fully saturated rings. The summed E-state index contributed by atoms with van der Waals surface area (Å²) in [6.07, 6.45) is -0.322. The number of rotatable bonds is 3. The van der Waals surface area contributed by atoms with E-state index >= 15 is 0 Å². The van der Waals surface area contributed by atoms with Gasteiger partial charge in [-0.2, -0.15) is 0 Å². The number of aliphatic hydroxyl groups is 1. The third-order valence-electron chi connectivity index (χ3n) is 3.20. The van der Waals surface area contributed by atoms with E-state index in [9.17, 15) is 5.11 Å². The van der Waals surface area contributed by atoms with Crippen LogP contribution in [0.2, 0.25) is 0 Å². The molecule has 1 N–H and O–H groups in total. The first-order valence-corrected chi connectivity index (χ1v) is 7.12. The number of alkyl halides is 1. The maximum absolute atomic E-state index is 9.38. The minimum Gasteiger partial charge on any atom is -0.392 e. The summed E-state index contributed by atoms with van der Waals surface area (Å²) in [7, 11) is 0. The summed E-state index contributed by atoms with van der Waals surface area (Å²) < 4.78 is 1.23. The highest BCUT2D eigenvalue weighted by Gasteiger charge is 2.35. The second-order valence-corrected chi connectivity index (χ2v) is 5.39. The first-order chi connectivity index (χ1) is 8.85. The molecule has 2 heterocycles. The molecule has 0 bridgehead atoms. The van der Waals surface area contributed by atoms with Gasteiger partial charge in [-0.1, -0.05) is 23.4 Å². The number of hydrogen-bond acceptors (Lipinski definition) is 4. The highest BCUT2D eigenvalue weighted by Crippen LogP contribution is 2.37. The molecule has 0 aliphatic carbocycles. The van der Waals surface area contributed by atoms with Gasteiger partial charge in [-0.05, 0) is 22.4 Å². The van der Waals surface area contributed by atoms with E-state index in [1.54, 1.807) is 11.3 Å². The van der Waals surface area contributed by atoms with E-state index in [0.29, 0.717) is 5.88 Å². The van der Waals surface area contributed by atoms with Crippen molar-refractivity contribution in [3.8, 4) is 0 Å². The molecule has 0 amide bonds. The zero-order valence-corrected chi connectivity index (χ0v) is 11.1. The fraction of sp³-hybridized carbons (Fsp3) is 0.308. The first-order valence-electron chi connectivity index (χ1n) is 5.70. The lowest BCUT2D eigenvalue weighted by Crippen LogP contribution is -2.25. The number of halogens is 1. The number of thiophene rings is 1. The zero-order valence-electron chi connectivity index (χ0n) is 9.54. The lowest BCUT2D eigenvalue weighted by atomic mass is 9.90. The summed E-state index contributed by atoms with van der Waals surface area (Å²) in [6.45, 7) is -0.0568. The molecule has 0 saturated carbocycles. The zero-order chi connectivity index (χ0) is 12.5. The van der Waals surface area contributed by atoms with Crippen molar-refractivity contribution in [1.29, 1.82) is 0 Å². The van der Waals surface area contributed by atoms with Crippen LogP contribution < -0.4 is 0 Å². The predicted molar refractivity (Wildman–Crippen MR) is 74.7 cm³/mol. The highest BCUT2D eigenvalue weighted by atomic mass is 35.5. The van der Waals surface area contributed by atoms with Crippen LogP contribution in [0.4, 0.5) is 0 Å². The van der Waals surface area contributed by atoms with E-state index in [4.69, 9.17) is 16.4 Å².